The SMILES string of the molecule is O=C(Nc1ccccc1N1CCOCC1)c1cc2sccc2[nH]1. The topological polar surface area (TPSA) is 57.4 Å². The number of hydrogen-bond donors (Lipinski definition) is 2. The van der Waals surface area contributed by atoms with Crippen molar-refractivity contribution in [1.29, 1.82) is 0 Å². The van der Waals surface area contributed by atoms with E-state index in [0.717, 1.165) is 47.9 Å². The van der Waals surface area contributed by atoms with Crippen molar-refractivity contribution in [2.75, 3.05) is 36.5 Å². The molecule has 0 saturated carbocycles. The normalized spacial score (nSPS) is 15.0. The Morgan fingerprint density at radius 2 is 2.04 bits per heavy atom. The van der Waals surface area contributed by atoms with E-state index in [1.807, 2.05) is 41.8 Å². The van der Waals surface area contributed by atoms with Crippen LogP contribution in [0.4, 0.5) is 11.4 Å². The summed E-state index contributed by atoms with van der Waals surface area (Å²) < 4.78 is 6.50. The Morgan fingerprint density at radius 1 is 1.22 bits per heavy atom. The molecule has 6 heteroatoms. The summed E-state index contributed by atoms with van der Waals surface area (Å²) in [6.07, 6.45) is 0. The van der Waals surface area contributed by atoms with E-state index in [-0.39, 0.29) is 5.91 Å². The fourth-order valence-electron chi connectivity index (χ4n) is 2.82. The third-order valence-electron chi connectivity index (χ3n) is 3.99. The fraction of sp³-hybridized carbons (Fsp3) is 0.235. The first-order chi connectivity index (χ1) is 11.3. The second kappa shape index (κ2) is 6.06. The minimum absolute atomic E-state index is 0.117. The molecule has 3 heterocycles. The molecule has 118 valence electrons. The number of thiophene rings is 1. The van der Waals surface area contributed by atoms with Crippen LogP contribution in [0.2, 0.25) is 0 Å². The number of rotatable bonds is 3. The van der Waals surface area contributed by atoms with Gasteiger partial charge < -0.3 is 19.9 Å². The van der Waals surface area contributed by atoms with Crippen molar-refractivity contribution in [1.82, 2.24) is 4.98 Å². The average molecular weight is 327 g/mol. The predicted octanol–water partition coefficient (Wildman–Crippen LogP) is 3.32. The quantitative estimate of drug-likeness (QED) is 0.776. The van der Waals surface area contributed by atoms with E-state index in [1.165, 1.54) is 0 Å². The van der Waals surface area contributed by atoms with Crippen LogP contribution >= 0.6 is 11.3 Å². The molecule has 0 unspecified atom stereocenters. The first-order valence-electron chi connectivity index (χ1n) is 7.60. The van der Waals surface area contributed by atoms with Gasteiger partial charge in [-0.2, -0.15) is 0 Å². The number of nitrogens with zero attached hydrogens (tertiary/aromatic N) is 1. The summed E-state index contributed by atoms with van der Waals surface area (Å²) in [5.41, 5.74) is 3.46. The van der Waals surface area contributed by atoms with Gasteiger partial charge in [0, 0.05) is 13.1 Å². The van der Waals surface area contributed by atoms with Crippen LogP contribution in [0.3, 0.4) is 0 Å². The van der Waals surface area contributed by atoms with Crippen LogP contribution in [-0.2, 0) is 4.74 Å². The monoisotopic (exact) mass is 327 g/mol. The average Bonchev–Trinajstić information content (AvgIpc) is 3.18. The van der Waals surface area contributed by atoms with E-state index in [2.05, 4.69) is 15.2 Å². The van der Waals surface area contributed by atoms with E-state index in [1.54, 1.807) is 11.3 Å². The molecule has 0 spiro atoms. The molecule has 3 aromatic rings. The van der Waals surface area contributed by atoms with E-state index in [9.17, 15) is 4.79 Å². The van der Waals surface area contributed by atoms with Crippen molar-refractivity contribution in [2.45, 2.75) is 0 Å². The largest absolute Gasteiger partial charge is 0.378 e. The van der Waals surface area contributed by atoms with Gasteiger partial charge in [-0.3, -0.25) is 4.79 Å². The zero-order chi connectivity index (χ0) is 15.6. The Kier molecular flexibility index (Phi) is 3.77. The molecule has 4 rings (SSSR count). The lowest BCUT2D eigenvalue weighted by molar-refractivity contribution is 0.102. The summed E-state index contributed by atoms with van der Waals surface area (Å²) in [7, 11) is 0. The Balaban J connectivity index is 1.58. The third kappa shape index (κ3) is 2.83. The summed E-state index contributed by atoms with van der Waals surface area (Å²) in [6.45, 7) is 3.11. The number of fused-ring (bicyclic) bond motifs is 1. The van der Waals surface area contributed by atoms with Gasteiger partial charge in [-0.05, 0) is 29.6 Å². The van der Waals surface area contributed by atoms with Gasteiger partial charge in [0.1, 0.15) is 5.69 Å². The van der Waals surface area contributed by atoms with Crippen LogP contribution in [0.1, 0.15) is 10.5 Å². The molecular weight excluding hydrogens is 310 g/mol. The molecule has 1 aliphatic rings. The number of carbonyl (C=O) groups excluding carboxylic acids is 1. The summed E-state index contributed by atoms with van der Waals surface area (Å²) in [4.78, 5) is 17.9. The van der Waals surface area contributed by atoms with Gasteiger partial charge in [-0.1, -0.05) is 12.1 Å². The molecule has 23 heavy (non-hydrogen) atoms. The number of aromatic nitrogens is 1. The number of hydrogen-bond acceptors (Lipinski definition) is 4. The fourth-order valence-corrected chi connectivity index (χ4v) is 3.60. The molecule has 1 fully saturated rings. The highest BCUT2D eigenvalue weighted by molar-refractivity contribution is 7.17. The molecule has 0 aliphatic carbocycles. The number of H-pyrrole nitrogens is 1. The maximum Gasteiger partial charge on any atom is 0.272 e. The van der Waals surface area contributed by atoms with Crippen molar-refractivity contribution in [3.63, 3.8) is 0 Å². The number of para-hydroxylation sites is 2. The summed E-state index contributed by atoms with van der Waals surface area (Å²) in [5.74, 6) is -0.117. The molecular formula is C17H17N3O2S. The lowest BCUT2D eigenvalue weighted by atomic mass is 10.2. The standard InChI is InChI=1S/C17H17N3O2S/c21-17(14-11-16-13(18-14)5-10-23-16)19-12-3-1-2-4-15(12)20-6-8-22-9-7-20/h1-5,10-11,18H,6-9H2,(H,19,21). The Bertz CT molecular complexity index is 805. The van der Waals surface area contributed by atoms with E-state index >= 15 is 0 Å². The highest BCUT2D eigenvalue weighted by Gasteiger charge is 2.17. The maximum atomic E-state index is 12.5. The summed E-state index contributed by atoms with van der Waals surface area (Å²) in [6, 6.07) is 11.8. The second-order valence-electron chi connectivity index (χ2n) is 5.45. The smallest absolute Gasteiger partial charge is 0.272 e. The highest BCUT2D eigenvalue weighted by Crippen LogP contribution is 2.27. The number of anilines is 2. The summed E-state index contributed by atoms with van der Waals surface area (Å²) >= 11 is 1.62. The van der Waals surface area contributed by atoms with Crippen LogP contribution < -0.4 is 10.2 Å². The third-order valence-corrected chi connectivity index (χ3v) is 4.85. The first kappa shape index (κ1) is 14.3. The van der Waals surface area contributed by atoms with Crippen molar-refractivity contribution in [3.8, 4) is 0 Å². The minimum Gasteiger partial charge on any atom is -0.378 e. The zero-order valence-electron chi connectivity index (χ0n) is 12.5. The first-order valence-corrected chi connectivity index (χ1v) is 8.48. The predicted molar refractivity (Wildman–Crippen MR) is 93.6 cm³/mol. The van der Waals surface area contributed by atoms with Gasteiger partial charge in [-0.25, -0.2) is 0 Å². The van der Waals surface area contributed by atoms with Crippen molar-refractivity contribution in [2.24, 2.45) is 0 Å². The lowest BCUT2D eigenvalue weighted by Crippen LogP contribution is -2.36. The Hall–Kier alpha value is -2.31. The van der Waals surface area contributed by atoms with Crippen molar-refractivity contribution >= 4 is 38.8 Å². The second-order valence-corrected chi connectivity index (χ2v) is 6.40. The maximum absolute atomic E-state index is 12.5. The molecule has 2 N–H and O–H groups in total. The molecule has 1 aliphatic heterocycles. The minimum atomic E-state index is -0.117. The number of carbonyl (C=O) groups is 1. The van der Waals surface area contributed by atoms with Crippen LogP contribution in [-0.4, -0.2) is 37.2 Å². The Morgan fingerprint density at radius 3 is 2.87 bits per heavy atom. The molecule has 0 bridgehead atoms. The molecule has 5 nitrogen and oxygen atoms in total. The van der Waals surface area contributed by atoms with E-state index < -0.39 is 0 Å². The number of morpholine rings is 1. The van der Waals surface area contributed by atoms with Gasteiger partial charge in [0.25, 0.3) is 5.91 Å². The molecule has 1 amide bonds. The molecule has 1 saturated heterocycles. The number of benzene rings is 1. The van der Waals surface area contributed by atoms with Gasteiger partial charge >= 0.3 is 0 Å². The van der Waals surface area contributed by atoms with E-state index in [0.29, 0.717) is 5.69 Å². The van der Waals surface area contributed by atoms with Crippen LogP contribution in [0.25, 0.3) is 10.2 Å². The highest BCUT2D eigenvalue weighted by atomic mass is 32.1. The van der Waals surface area contributed by atoms with Gasteiger partial charge in [0.2, 0.25) is 0 Å². The lowest BCUT2D eigenvalue weighted by Gasteiger charge is -2.30. The molecule has 1 aromatic carbocycles. The molecule has 0 radical (unpaired) electrons. The number of ether oxygens (including phenoxy) is 1. The zero-order valence-corrected chi connectivity index (χ0v) is 13.4. The Labute approximate surface area is 137 Å². The van der Waals surface area contributed by atoms with Gasteiger partial charge in [0.15, 0.2) is 0 Å². The van der Waals surface area contributed by atoms with Crippen molar-refractivity contribution in [3.05, 3.63) is 47.5 Å². The van der Waals surface area contributed by atoms with E-state index in [4.69, 9.17) is 4.74 Å². The summed E-state index contributed by atoms with van der Waals surface area (Å²) in [5, 5.41) is 5.04. The molecule has 0 atom stereocenters. The number of amides is 1. The van der Waals surface area contributed by atoms with Crippen molar-refractivity contribution < 1.29 is 9.53 Å². The van der Waals surface area contributed by atoms with Gasteiger partial charge in [0.05, 0.1) is 34.8 Å². The number of nitrogens with one attached hydrogen (secondary N) is 2. The van der Waals surface area contributed by atoms with Crippen LogP contribution in [0, 0.1) is 0 Å². The van der Waals surface area contributed by atoms with Crippen LogP contribution in [0.5, 0.6) is 0 Å². The van der Waals surface area contributed by atoms with Gasteiger partial charge in [-0.15, -0.1) is 11.3 Å². The number of aromatic amines is 1. The molecule has 2 aromatic heterocycles. The van der Waals surface area contributed by atoms with Crippen LogP contribution in [0.15, 0.2) is 41.8 Å².